The third-order valence-electron chi connectivity index (χ3n) is 1.94. The SMILES string of the molecule is COc1ccc(C=CC[C]=O)c(OC)c1. The van der Waals surface area contributed by atoms with Gasteiger partial charge in [0.05, 0.1) is 14.2 Å². The number of benzene rings is 1. The van der Waals surface area contributed by atoms with E-state index < -0.39 is 0 Å². The van der Waals surface area contributed by atoms with E-state index in [2.05, 4.69) is 0 Å². The minimum Gasteiger partial charge on any atom is -0.497 e. The van der Waals surface area contributed by atoms with E-state index in [9.17, 15) is 4.79 Å². The number of methoxy groups -OCH3 is 2. The van der Waals surface area contributed by atoms with E-state index in [0.717, 1.165) is 17.1 Å². The van der Waals surface area contributed by atoms with Crippen molar-refractivity contribution in [2.45, 2.75) is 6.42 Å². The van der Waals surface area contributed by atoms with Gasteiger partial charge in [-0.3, -0.25) is 4.79 Å². The van der Waals surface area contributed by atoms with Crippen LogP contribution in [-0.4, -0.2) is 20.5 Å². The van der Waals surface area contributed by atoms with E-state index in [1.807, 2.05) is 18.2 Å². The maximum Gasteiger partial charge on any atom is 0.202 e. The van der Waals surface area contributed by atoms with E-state index >= 15 is 0 Å². The second-order valence-electron chi connectivity index (χ2n) is 2.86. The molecule has 15 heavy (non-hydrogen) atoms. The van der Waals surface area contributed by atoms with Crippen LogP contribution in [0.15, 0.2) is 24.3 Å². The van der Waals surface area contributed by atoms with Crippen LogP contribution in [-0.2, 0) is 4.79 Å². The molecule has 0 aliphatic carbocycles. The first-order valence-corrected chi connectivity index (χ1v) is 4.55. The topological polar surface area (TPSA) is 35.5 Å². The summed E-state index contributed by atoms with van der Waals surface area (Å²) in [6, 6.07) is 5.51. The molecule has 1 rings (SSSR count). The average molecular weight is 205 g/mol. The van der Waals surface area contributed by atoms with Gasteiger partial charge in [0.2, 0.25) is 6.29 Å². The van der Waals surface area contributed by atoms with E-state index in [1.54, 1.807) is 32.6 Å². The van der Waals surface area contributed by atoms with Crippen molar-refractivity contribution in [1.29, 1.82) is 0 Å². The first kappa shape index (κ1) is 11.3. The summed E-state index contributed by atoms with van der Waals surface area (Å²) >= 11 is 0. The van der Waals surface area contributed by atoms with E-state index in [0.29, 0.717) is 0 Å². The highest BCUT2D eigenvalue weighted by atomic mass is 16.5. The Kier molecular flexibility index (Phi) is 4.41. The van der Waals surface area contributed by atoms with Crippen molar-refractivity contribution in [3.63, 3.8) is 0 Å². The van der Waals surface area contributed by atoms with Gasteiger partial charge in [0.1, 0.15) is 11.5 Å². The molecule has 0 heterocycles. The second-order valence-corrected chi connectivity index (χ2v) is 2.86. The Bertz CT molecular complexity index is 356. The van der Waals surface area contributed by atoms with Gasteiger partial charge in [-0.25, -0.2) is 0 Å². The molecule has 0 aliphatic rings. The maximum absolute atomic E-state index is 10.0. The summed E-state index contributed by atoms with van der Waals surface area (Å²) in [6.07, 6.45) is 5.64. The van der Waals surface area contributed by atoms with Crippen molar-refractivity contribution in [3.8, 4) is 11.5 Å². The lowest BCUT2D eigenvalue weighted by Gasteiger charge is -2.06. The summed E-state index contributed by atoms with van der Waals surface area (Å²) in [5, 5.41) is 0. The molecule has 0 bridgehead atoms. The lowest BCUT2D eigenvalue weighted by atomic mass is 10.1. The third kappa shape index (κ3) is 3.13. The Morgan fingerprint density at radius 3 is 2.73 bits per heavy atom. The molecule has 3 heteroatoms. The molecule has 0 unspecified atom stereocenters. The van der Waals surface area contributed by atoms with Gasteiger partial charge in [-0.05, 0) is 12.1 Å². The van der Waals surface area contributed by atoms with Gasteiger partial charge in [-0.2, -0.15) is 0 Å². The summed E-state index contributed by atoms with van der Waals surface area (Å²) in [4.78, 5) is 10.0. The highest BCUT2D eigenvalue weighted by Crippen LogP contribution is 2.25. The molecule has 0 N–H and O–H groups in total. The Morgan fingerprint density at radius 2 is 2.13 bits per heavy atom. The fraction of sp³-hybridized carbons (Fsp3) is 0.250. The zero-order chi connectivity index (χ0) is 11.1. The second kappa shape index (κ2) is 5.86. The molecule has 0 aliphatic heterocycles. The maximum atomic E-state index is 10.0. The smallest absolute Gasteiger partial charge is 0.202 e. The summed E-state index contributed by atoms with van der Waals surface area (Å²) in [7, 11) is 3.20. The largest absolute Gasteiger partial charge is 0.497 e. The zero-order valence-corrected chi connectivity index (χ0v) is 8.82. The minimum absolute atomic E-state index is 0.287. The van der Waals surface area contributed by atoms with Crippen LogP contribution in [0, 0.1) is 0 Å². The Hall–Kier alpha value is -1.77. The van der Waals surface area contributed by atoms with Crippen molar-refractivity contribution >= 4 is 12.4 Å². The van der Waals surface area contributed by atoms with E-state index in [1.165, 1.54) is 0 Å². The minimum atomic E-state index is 0.287. The molecule has 0 saturated heterocycles. The monoisotopic (exact) mass is 205 g/mol. The van der Waals surface area contributed by atoms with Gasteiger partial charge in [0.15, 0.2) is 0 Å². The normalized spacial score (nSPS) is 10.3. The predicted octanol–water partition coefficient (Wildman–Crippen LogP) is 2.22. The Labute approximate surface area is 89.3 Å². The lowest BCUT2D eigenvalue weighted by molar-refractivity contribution is 0.393. The predicted molar refractivity (Wildman–Crippen MR) is 58.9 cm³/mol. The summed E-state index contributed by atoms with van der Waals surface area (Å²) < 4.78 is 10.3. The molecule has 0 fully saturated rings. The average Bonchev–Trinajstić information content (AvgIpc) is 2.29. The van der Waals surface area contributed by atoms with E-state index in [-0.39, 0.29) is 6.42 Å². The van der Waals surface area contributed by atoms with Crippen LogP contribution in [0.5, 0.6) is 11.5 Å². The van der Waals surface area contributed by atoms with Crippen LogP contribution >= 0.6 is 0 Å². The molecular weight excluding hydrogens is 192 g/mol. The number of hydrogen-bond donors (Lipinski definition) is 0. The van der Waals surface area contributed by atoms with Crippen LogP contribution in [0.4, 0.5) is 0 Å². The van der Waals surface area contributed by atoms with Crippen LogP contribution in [0.1, 0.15) is 12.0 Å². The van der Waals surface area contributed by atoms with Crippen molar-refractivity contribution < 1.29 is 14.3 Å². The summed E-state index contributed by atoms with van der Waals surface area (Å²) in [5.41, 5.74) is 0.911. The van der Waals surface area contributed by atoms with Crippen molar-refractivity contribution in [3.05, 3.63) is 29.8 Å². The van der Waals surface area contributed by atoms with Gasteiger partial charge in [0.25, 0.3) is 0 Å². The molecule has 1 radical (unpaired) electrons. The van der Waals surface area contributed by atoms with Crippen LogP contribution in [0.2, 0.25) is 0 Å². The zero-order valence-electron chi connectivity index (χ0n) is 8.82. The molecule has 1 aromatic rings. The highest BCUT2D eigenvalue weighted by Gasteiger charge is 2.01. The molecule has 3 nitrogen and oxygen atoms in total. The summed E-state index contributed by atoms with van der Waals surface area (Å²) in [5.74, 6) is 1.46. The molecule has 0 aromatic heterocycles. The Morgan fingerprint density at radius 1 is 1.33 bits per heavy atom. The molecule has 79 valence electrons. The first-order valence-electron chi connectivity index (χ1n) is 4.55. The van der Waals surface area contributed by atoms with Crippen LogP contribution < -0.4 is 9.47 Å². The molecule has 0 saturated carbocycles. The van der Waals surface area contributed by atoms with Gasteiger partial charge in [0, 0.05) is 18.1 Å². The van der Waals surface area contributed by atoms with Crippen molar-refractivity contribution in [2.24, 2.45) is 0 Å². The van der Waals surface area contributed by atoms with Crippen molar-refractivity contribution in [1.82, 2.24) is 0 Å². The molecule has 0 atom stereocenters. The first-order chi connectivity index (χ1) is 7.31. The third-order valence-corrected chi connectivity index (χ3v) is 1.94. The quantitative estimate of drug-likeness (QED) is 0.739. The van der Waals surface area contributed by atoms with Gasteiger partial charge in [-0.15, -0.1) is 0 Å². The van der Waals surface area contributed by atoms with Gasteiger partial charge < -0.3 is 9.47 Å². The number of rotatable bonds is 5. The fourth-order valence-electron chi connectivity index (χ4n) is 1.19. The van der Waals surface area contributed by atoms with Crippen LogP contribution in [0.25, 0.3) is 6.08 Å². The fourth-order valence-corrected chi connectivity index (χ4v) is 1.19. The van der Waals surface area contributed by atoms with Crippen LogP contribution in [0.3, 0.4) is 0 Å². The Balaban J connectivity index is 2.91. The molecular formula is C12H13O3. The summed E-state index contributed by atoms with van der Waals surface area (Å²) in [6.45, 7) is 0. The number of carbonyl (C=O) groups excluding carboxylic acids is 1. The van der Waals surface area contributed by atoms with Gasteiger partial charge >= 0.3 is 0 Å². The molecule has 0 spiro atoms. The number of allylic oxidation sites excluding steroid dienone is 1. The van der Waals surface area contributed by atoms with E-state index in [4.69, 9.17) is 9.47 Å². The number of ether oxygens (including phenoxy) is 2. The van der Waals surface area contributed by atoms with Gasteiger partial charge in [-0.1, -0.05) is 12.2 Å². The molecule has 0 amide bonds. The highest BCUT2D eigenvalue weighted by molar-refractivity contribution is 5.62. The standard InChI is InChI=1S/C12H13O3/c1-14-11-7-6-10(5-3-4-8-13)12(9-11)15-2/h3,5-7,9H,4H2,1-2H3. The number of hydrogen-bond acceptors (Lipinski definition) is 3. The molecule has 1 aromatic carbocycles. The lowest BCUT2D eigenvalue weighted by Crippen LogP contribution is -1.89. The van der Waals surface area contributed by atoms with Crippen molar-refractivity contribution in [2.75, 3.05) is 14.2 Å².